The molecule has 2 bridgehead atoms. The third-order valence-corrected chi connectivity index (χ3v) is 8.87. The number of ether oxygens (including phenoxy) is 1. The minimum atomic E-state index is -0.409. The van der Waals surface area contributed by atoms with Gasteiger partial charge in [-0.25, -0.2) is 14.6 Å². The first-order valence-electron chi connectivity index (χ1n) is 12.2. The van der Waals surface area contributed by atoms with Crippen LogP contribution in [0.25, 0.3) is 10.9 Å². The van der Waals surface area contributed by atoms with Crippen molar-refractivity contribution in [3.63, 3.8) is 0 Å². The summed E-state index contributed by atoms with van der Waals surface area (Å²) in [6.07, 6.45) is 6.65. The Morgan fingerprint density at radius 2 is 1.86 bits per heavy atom. The smallest absolute Gasteiger partial charge is 0.227 e. The number of aliphatic hydroxyl groups is 1. The Morgan fingerprint density at radius 3 is 2.54 bits per heavy atom. The summed E-state index contributed by atoms with van der Waals surface area (Å²) in [6.45, 7) is 4.35. The molecule has 5 fully saturated rings. The molecule has 0 unspecified atom stereocenters. The van der Waals surface area contributed by atoms with Crippen molar-refractivity contribution in [2.45, 2.75) is 36.9 Å². The molecular formula is C24H27Cl2N7O2. The molecule has 4 heterocycles. The van der Waals surface area contributed by atoms with Gasteiger partial charge in [0.05, 0.1) is 59.0 Å². The van der Waals surface area contributed by atoms with Crippen LogP contribution in [0.15, 0.2) is 24.5 Å². The van der Waals surface area contributed by atoms with E-state index in [1.165, 1.54) is 19.3 Å². The lowest BCUT2D eigenvalue weighted by Crippen LogP contribution is -2.59. The number of nitrogens with zero attached hydrogens (tertiary/aromatic N) is 6. The molecule has 2 saturated heterocycles. The Hall–Kier alpha value is -2.17. The second-order valence-corrected chi connectivity index (χ2v) is 11.1. The Morgan fingerprint density at radius 1 is 1.06 bits per heavy atom. The maximum absolute atomic E-state index is 10.2. The van der Waals surface area contributed by atoms with Crippen LogP contribution in [-0.4, -0.2) is 81.3 Å². The summed E-state index contributed by atoms with van der Waals surface area (Å²) in [5, 5.41) is 20.1. The van der Waals surface area contributed by atoms with E-state index in [1.54, 1.807) is 12.4 Å². The van der Waals surface area contributed by atoms with Crippen molar-refractivity contribution in [3.05, 3.63) is 34.7 Å². The number of aliphatic hydroxyl groups excluding tert-OH is 1. The highest BCUT2D eigenvalue weighted by Gasteiger charge is 2.59. The summed E-state index contributed by atoms with van der Waals surface area (Å²) in [7, 11) is 0. The molecule has 8 rings (SSSR count). The molecule has 2 aliphatic heterocycles. The Kier molecular flexibility index (Phi) is 5.15. The molecule has 2 atom stereocenters. The number of halogens is 2. The third-order valence-electron chi connectivity index (χ3n) is 8.21. The number of anilines is 3. The maximum Gasteiger partial charge on any atom is 0.227 e. The van der Waals surface area contributed by atoms with E-state index >= 15 is 0 Å². The summed E-state index contributed by atoms with van der Waals surface area (Å²) in [4.78, 5) is 13.8. The molecule has 2 aromatic heterocycles. The summed E-state index contributed by atoms with van der Waals surface area (Å²) < 4.78 is 7.40. The standard InChI is InChI=1S/C24H27Cl2N7O2/c25-16-5-15-10-27-23(30-18-11-28-33(22(18)26)24-7-14(8-24)9-24)29-17(15)6-19(16)31-1-3-32(4-2-31)20-12-35-13-21(20)34/h5-6,10-11,14,20-21,34H,1-4,7-9,12-13H2,(H,27,29,30)/t14?,20-,21+,24?/m1/s1. The number of aromatic nitrogens is 4. The molecule has 35 heavy (non-hydrogen) atoms. The topological polar surface area (TPSA) is 91.6 Å². The zero-order chi connectivity index (χ0) is 23.7. The number of rotatable bonds is 5. The van der Waals surface area contributed by atoms with Gasteiger partial charge in [-0.2, -0.15) is 5.10 Å². The van der Waals surface area contributed by atoms with Crippen LogP contribution in [0, 0.1) is 5.92 Å². The fraction of sp³-hybridized carbons (Fsp3) is 0.542. The van der Waals surface area contributed by atoms with E-state index in [2.05, 4.69) is 25.2 Å². The van der Waals surface area contributed by atoms with Crippen molar-refractivity contribution >= 4 is 51.4 Å². The number of hydrogen-bond acceptors (Lipinski definition) is 8. The molecule has 3 aromatic rings. The average Bonchev–Trinajstić information content (AvgIpc) is 3.38. The zero-order valence-corrected chi connectivity index (χ0v) is 20.7. The molecule has 184 valence electrons. The van der Waals surface area contributed by atoms with E-state index in [0.717, 1.165) is 54.4 Å². The van der Waals surface area contributed by atoms with Crippen molar-refractivity contribution in [1.29, 1.82) is 0 Å². The van der Waals surface area contributed by atoms with Crippen LogP contribution < -0.4 is 10.2 Å². The van der Waals surface area contributed by atoms with Gasteiger partial charge in [-0.05, 0) is 37.3 Å². The van der Waals surface area contributed by atoms with E-state index in [-0.39, 0.29) is 11.6 Å². The molecular weight excluding hydrogens is 489 g/mol. The largest absolute Gasteiger partial charge is 0.389 e. The molecule has 9 nitrogen and oxygen atoms in total. The predicted octanol–water partition coefficient (Wildman–Crippen LogP) is 3.27. The SMILES string of the molecule is O[C@H]1COC[C@H]1N1CCN(c2cc3nc(Nc4cnn(C56CC(C5)C6)c4Cl)ncc3cc2Cl)CC1. The van der Waals surface area contributed by atoms with Crippen LogP contribution in [-0.2, 0) is 10.3 Å². The fourth-order valence-corrected chi connectivity index (χ4v) is 6.69. The second-order valence-electron chi connectivity index (χ2n) is 10.3. The van der Waals surface area contributed by atoms with Gasteiger partial charge in [0.25, 0.3) is 0 Å². The summed E-state index contributed by atoms with van der Waals surface area (Å²) in [5.74, 6) is 1.33. The first kappa shape index (κ1) is 22.1. The molecule has 11 heteroatoms. The molecule has 0 spiro atoms. The molecule has 0 amide bonds. The summed E-state index contributed by atoms with van der Waals surface area (Å²) in [5.41, 5.74) is 2.62. The summed E-state index contributed by atoms with van der Waals surface area (Å²) in [6, 6.07) is 4.03. The van der Waals surface area contributed by atoms with Gasteiger partial charge < -0.3 is 20.1 Å². The fourth-order valence-electron chi connectivity index (χ4n) is 6.08. The maximum atomic E-state index is 10.2. The number of fused-ring (bicyclic) bond motifs is 1. The van der Waals surface area contributed by atoms with Crippen LogP contribution in [0.2, 0.25) is 10.2 Å². The van der Waals surface area contributed by atoms with Crippen molar-refractivity contribution in [2.24, 2.45) is 5.92 Å². The lowest BCUT2D eigenvalue weighted by atomic mass is 9.50. The van der Waals surface area contributed by atoms with Crippen LogP contribution in [0.1, 0.15) is 19.3 Å². The van der Waals surface area contributed by atoms with Gasteiger partial charge in [0.15, 0.2) is 5.15 Å². The van der Waals surface area contributed by atoms with Gasteiger partial charge in [-0.3, -0.25) is 4.90 Å². The van der Waals surface area contributed by atoms with E-state index in [9.17, 15) is 5.11 Å². The molecule has 2 N–H and O–H groups in total. The molecule has 3 aliphatic carbocycles. The predicted molar refractivity (Wildman–Crippen MR) is 135 cm³/mol. The van der Waals surface area contributed by atoms with E-state index in [0.29, 0.717) is 29.3 Å². The number of hydrogen-bond donors (Lipinski definition) is 2. The minimum absolute atomic E-state index is 0.0800. The molecule has 1 aromatic carbocycles. The lowest BCUT2D eigenvalue weighted by Gasteiger charge is -2.61. The first-order chi connectivity index (χ1) is 17.0. The van der Waals surface area contributed by atoms with Gasteiger partial charge in [0.2, 0.25) is 5.95 Å². The average molecular weight is 516 g/mol. The van der Waals surface area contributed by atoms with E-state index < -0.39 is 6.10 Å². The highest BCUT2D eigenvalue weighted by molar-refractivity contribution is 6.34. The van der Waals surface area contributed by atoms with Gasteiger partial charge >= 0.3 is 0 Å². The quantitative estimate of drug-likeness (QED) is 0.534. The van der Waals surface area contributed by atoms with Crippen molar-refractivity contribution < 1.29 is 9.84 Å². The van der Waals surface area contributed by atoms with Crippen LogP contribution in [0.3, 0.4) is 0 Å². The highest BCUT2D eigenvalue weighted by Crippen LogP contribution is 2.63. The van der Waals surface area contributed by atoms with Crippen LogP contribution in [0.4, 0.5) is 17.3 Å². The number of nitrogens with one attached hydrogen (secondary N) is 1. The van der Waals surface area contributed by atoms with E-state index in [4.69, 9.17) is 32.9 Å². The second kappa shape index (κ2) is 8.18. The van der Waals surface area contributed by atoms with Crippen LogP contribution >= 0.6 is 23.2 Å². The Balaban J connectivity index is 1.10. The van der Waals surface area contributed by atoms with Crippen LogP contribution in [0.5, 0.6) is 0 Å². The lowest BCUT2D eigenvalue weighted by molar-refractivity contribution is -0.0975. The van der Waals surface area contributed by atoms with Crippen molar-refractivity contribution in [3.8, 4) is 0 Å². The molecule has 3 saturated carbocycles. The molecule has 5 aliphatic rings. The highest BCUT2D eigenvalue weighted by atomic mass is 35.5. The third kappa shape index (κ3) is 3.59. The van der Waals surface area contributed by atoms with Gasteiger partial charge in [-0.15, -0.1) is 0 Å². The van der Waals surface area contributed by atoms with Gasteiger partial charge in [-0.1, -0.05) is 23.2 Å². The first-order valence-corrected chi connectivity index (χ1v) is 13.0. The number of piperazine rings is 1. The minimum Gasteiger partial charge on any atom is -0.389 e. The van der Waals surface area contributed by atoms with E-state index in [1.807, 2.05) is 16.8 Å². The Bertz CT molecular complexity index is 1280. The monoisotopic (exact) mass is 515 g/mol. The summed E-state index contributed by atoms with van der Waals surface area (Å²) >= 11 is 13.3. The van der Waals surface area contributed by atoms with Gasteiger partial charge in [0.1, 0.15) is 0 Å². The normalized spacial score (nSPS) is 30.4. The Labute approximate surface area is 213 Å². The zero-order valence-electron chi connectivity index (χ0n) is 19.2. The van der Waals surface area contributed by atoms with Gasteiger partial charge in [0, 0.05) is 37.8 Å². The molecule has 0 radical (unpaired) electrons. The number of benzene rings is 1. The van der Waals surface area contributed by atoms with Crippen molar-refractivity contribution in [2.75, 3.05) is 49.6 Å². The van der Waals surface area contributed by atoms with Crippen molar-refractivity contribution in [1.82, 2.24) is 24.6 Å².